The van der Waals surface area contributed by atoms with E-state index in [1.165, 1.54) is 12.8 Å². The molecule has 2 heterocycles. The molecule has 0 spiro atoms. The molecule has 1 aliphatic rings. The van der Waals surface area contributed by atoms with Gasteiger partial charge in [0.1, 0.15) is 5.76 Å². The van der Waals surface area contributed by atoms with Crippen molar-refractivity contribution in [1.82, 2.24) is 10.2 Å². The molecular formula is C16H26IN3O. The standard InChI is InChI=1S/C16H25N3O.HI/c1-3-9-17-16(19-11-7-14(2)8-12-19)18-10-6-15-5-4-13-20-15;/h3-5,13-14H,1,6-12H2,2H3,(H,17,18);1H. The van der Waals surface area contributed by atoms with Gasteiger partial charge in [0.2, 0.25) is 0 Å². The van der Waals surface area contributed by atoms with Crippen LogP contribution in [0.4, 0.5) is 0 Å². The molecule has 0 amide bonds. The summed E-state index contributed by atoms with van der Waals surface area (Å²) >= 11 is 0. The lowest BCUT2D eigenvalue weighted by Crippen LogP contribution is -2.45. The fourth-order valence-corrected chi connectivity index (χ4v) is 2.38. The second-order valence-electron chi connectivity index (χ2n) is 5.37. The number of hydrogen-bond acceptors (Lipinski definition) is 2. The van der Waals surface area contributed by atoms with Crippen LogP contribution in [0.3, 0.4) is 0 Å². The van der Waals surface area contributed by atoms with E-state index in [9.17, 15) is 0 Å². The Hall–Kier alpha value is -0.980. The molecule has 1 aliphatic heterocycles. The molecule has 2 rings (SSSR count). The number of piperidine rings is 1. The lowest BCUT2D eigenvalue weighted by Gasteiger charge is -2.33. The van der Waals surface area contributed by atoms with Crippen LogP contribution in [0, 0.1) is 5.92 Å². The molecule has 1 fully saturated rings. The summed E-state index contributed by atoms with van der Waals surface area (Å²) < 4.78 is 5.34. The minimum atomic E-state index is 0. The van der Waals surface area contributed by atoms with Crippen molar-refractivity contribution in [3.63, 3.8) is 0 Å². The smallest absolute Gasteiger partial charge is 0.194 e. The molecule has 0 aromatic carbocycles. The third-order valence-corrected chi connectivity index (χ3v) is 3.69. The summed E-state index contributed by atoms with van der Waals surface area (Å²) in [5.74, 6) is 2.82. The Morgan fingerprint density at radius 2 is 2.29 bits per heavy atom. The Labute approximate surface area is 144 Å². The molecule has 0 radical (unpaired) electrons. The van der Waals surface area contributed by atoms with Crippen molar-refractivity contribution < 1.29 is 4.42 Å². The van der Waals surface area contributed by atoms with Gasteiger partial charge in [0.15, 0.2) is 5.96 Å². The third kappa shape index (κ3) is 6.11. The van der Waals surface area contributed by atoms with Crippen LogP contribution in [0.5, 0.6) is 0 Å². The summed E-state index contributed by atoms with van der Waals surface area (Å²) in [7, 11) is 0. The quantitative estimate of drug-likeness (QED) is 0.355. The zero-order valence-corrected chi connectivity index (χ0v) is 15.1. The Morgan fingerprint density at radius 1 is 1.52 bits per heavy atom. The van der Waals surface area contributed by atoms with Gasteiger partial charge in [-0.1, -0.05) is 13.0 Å². The topological polar surface area (TPSA) is 40.8 Å². The number of furan rings is 1. The number of nitrogens with zero attached hydrogens (tertiary/aromatic N) is 2. The summed E-state index contributed by atoms with van der Waals surface area (Å²) in [6.45, 7) is 9.76. The molecular weight excluding hydrogens is 377 g/mol. The number of rotatable bonds is 5. The van der Waals surface area contributed by atoms with Crippen LogP contribution in [0.1, 0.15) is 25.5 Å². The summed E-state index contributed by atoms with van der Waals surface area (Å²) in [5, 5.41) is 3.36. The van der Waals surface area contributed by atoms with Crippen LogP contribution in [-0.4, -0.2) is 37.0 Å². The monoisotopic (exact) mass is 403 g/mol. The van der Waals surface area contributed by atoms with E-state index in [0.29, 0.717) is 0 Å². The number of guanidine groups is 1. The van der Waals surface area contributed by atoms with Crippen LogP contribution in [0.25, 0.3) is 0 Å². The van der Waals surface area contributed by atoms with E-state index in [-0.39, 0.29) is 24.0 Å². The molecule has 1 aromatic rings. The van der Waals surface area contributed by atoms with Crippen LogP contribution in [0.2, 0.25) is 0 Å². The summed E-state index contributed by atoms with van der Waals surface area (Å²) in [5.41, 5.74) is 0. The van der Waals surface area contributed by atoms with Crippen molar-refractivity contribution in [2.45, 2.75) is 26.2 Å². The summed E-state index contributed by atoms with van der Waals surface area (Å²) in [6, 6.07) is 3.91. The first-order valence-corrected chi connectivity index (χ1v) is 7.46. The second kappa shape index (κ2) is 9.87. The van der Waals surface area contributed by atoms with Crippen LogP contribution in [0.15, 0.2) is 40.5 Å². The maximum Gasteiger partial charge on any atom is 0.194 e. The molecule has 1 aromatic heterocycles. The van der Waals surface area contributed by atoms with Crippen molar-refractivity contribution in [1.29, 1.82) is 0 Å². The van der Waals surface area contributed by atoms with Gasteiger partial charge in [-0.2, -0.15) is 0 Å². The van der Waals surface area contributed by atoms with E-state index in [1.54, 1.807) is 6.26 Å². The number of halogens is 1. The Morgan fingerprint density at radius 3 is 2.90 bits per heavy atom. The van der Waals surface area contributed by atoms with Gasteiger partial charge in [-0.25, -0.2) is 0 Å². The highest BCUT2D eigenvalue weighted by atomic mass is 127. The first-order chi connectivity index (χ1) is 9.79. The predicted octanol–water partition coefficient (Wildman–Crippen LogP) is 3.30. The summed E-state index contributed by atoms with van der Waals surface area (Å²) in [6.07, 6.45) is 6.91. The minimum absolute atomic E-state index is 0. The highest BCUT2D eigenvalue weighted by Gasteiger charge is 2.18. The zero-order chi connectivity index (χ0) is 14.2. The van der Waals surface area contributed by atoms with Gasteiger partial charge in [0, 0.05) is 32.6 Å². The fourth-order valence-electron chi connectivity index (χ4n) is 2.38. The van der Waals surface area contributed by atoms with Gasteiger partial charge in [-0.15, -0.1) is 30.6 Å². The molecule has 0 bridgehead atoms. The van der Waals surface area contributed by atoms with E-state index in [0.717, 1.165) is 50.2 Å². The van der Waals surface area contributed by atoms with E-state index < -0.39 is 0 Å². The first-order valence-electron chi connectivity index (χ1n) is 7.46. The molecule has 118 valence electrons. The van der Waals surface area contributed by atoms with Crippen LogP contribution in [-0.2, 0) is 6.42 Å². The number of nitrogens with one attached hydrogen (secondary N) is 1. The maximum atomic E-state index is 5.34. The molecule has 0 unspecified atom stereocenters. The van der Waals surface area contributed by atoms with Gasteiger partial charge >= 0.3 is 0 Å². The fraction of sp³-hybridized carbons (Fsp3) is 0.562. The van der Waals surface area contributed by atoms with Gasteiger partial charge < -0.3 is 14.6 Å². The SMILES string of the molecule is C=CCNC(=NCCc1ccco1)N1CCC(C)CC1.I. The van der Waals surface area contributed by atoms with Crippen molar-refractivity contribution in [2.24, 2.45) is 10.9 Å². The van der Waals surface area contributed by atoms with E-state index >= 15 is 0 Å². The molecule has 0 atom stereocenters. The molecule has 21 heavy (non-hydrogen) atoms. The largest absolute Gasteiger partial charge is 0.469 e. The average molecular weight is 403 g/mol. The van der Waals surface area contributed by atoms with Crippen molar-refractivity contribution in [3.8, 4) is 0 Å². The molecule has 0 saturated carbocycles. The van der Waals surface area contributed by atoms with Gasteiger partial charge in [0.25, 0.3) is 0 Å². The van der Waals surface area contributed by atoms with Crippen molar-refractivity contribution in [2.75, 3.05) is 26.2 Å². The molecule has 0 aliphatic carbocycles. The molecule has 1 N–H and O–H groups in total. The van der Waals surface area contributed by atoms with Crippen LogP contribution < -0.4 is 5.32 Å². The molecule has 5 heteroatoms. The Balaban J connectivity index is 0.00000220. The normalized spacial score (nSPS) is 16.4. The van der Waals surface area contributed by atoms with Crippen LogP contribution >= 0.6 is 24.0 Å². The van der Waals surface area contributed by atoms with Crippen molar-refractivity contribution in [3.05, 3.63) is 36.8 Å². The lowest BCUT2D eigenvalue weighted by molar-refractivity contribution is 0.273. The first kappa shape index (κ1) is 18.1. The third-order valence-electron chi connectivity index (χ3n) is 3.69. The number of hydrogen-bond donors (Lipinski definition) is 1. The maximum absolute atomic E-state index is 5.34. The highest BCUT2D eigenvalue weighted by Crippen LogP contribution is 2.16. The van der Waals surface area contributed by atoms with E-state index in [4.69, 9.17) is 9.41 Å². The molecule has 4 nitrogen and oxygen atoms in total. The van der Waals surface area contributed by atoms with E-state index in [1.807, 2.05) is 18.2 Å². The van der Waals surface area contributed by atoms with Gasteiger partial charge in [-0.3, -0.25) is 4.99 Å². The molecule has 1 saturated heterocycles. The lowest BCUT2D eigenvalue weighted by atomic mass is 10.00. The second-order valence-corrected chi connectivity index (χ2v) is 5.37. The van der Waals surface area contributed by atoms with Gasteiger partial charge in [-0.05, 0) is 30.9 Å². The predicted molar refractivity (Wildman–Crippen MR) is 98.3 cm³/mol. The van der Waals surface area contributed by atoms with Gasteiger partial charge in [0.05, 0.1) is 6.26 Å². The van der Waals surface area contributed by atoms with Crippen molar-refractivity contribution >= 4 is 29.9 Å². The minimum Gasteiger partial charge on any atom is -0.469 e. The number of likely N-dealkylation sites (tertiary alicyclic amines) is 1. The van der Waals surface area contributed by atoms with E-state index in [2.05, 4.69) is 23.7 Å². The Kier molecular flexibility index (Phi) is 8.49. The zero-order valence-electron chi connectivity index (χ0n) is 12.8. The highest BCUT2D eigenvalue weighted by molar-refractivity contribution is 14.0. The summed E-state index contributed by atoms with van der Waals surface area (Å²) in [4.78, 5) is 7.06. The average Bonchev–Trinajstić information content (AvgIpc) is 2.97. The number of aliphatic imine (C=N–C) groups is 1. The Bertz CT molecular complexity index is 423.